The molecule has 2 saturated heterocycles. The normalized spacial score (nSPS) is 19.5. The summed E-state index contributed by atoms with van der Waals surface area (Å²) in [5.74, 6) is -0.801. The Bertz CT molecular complexity index is 972. The quantitative estimate of drug-likeness (QED) is 0.621. The van der Waals surface area contributed by atoms with Gasteiger partial charge in [0.15, 0.2) is 0 Å². The van der Waals surface area contributed by atoms with Crippen LogP contribution in [0.3, 0.4) is 0 Å². The summed E-state index contributed by atoms with van der Waals surface area (Å²) in [7, 11) is -7.30. The van der Waals surface area contributed by atoms with Crippen molar-refractivity contribution in [3.05, 3.63) is 28.8 Å². The number of nitrogens with one attached hydrogen (secondary N) is 1. The highest BCUT2D eigenvalue weighted by molar-refractivity contribution is 7.89. The highest BCUT2D eigenvalue weighted by Gasteiger charge is 2.29. The van der Waals surface area contributed by atoms with E-state index < -0.39 is 26.0 Å². The molecule has 0 aliphatic carbocycles. The number of hydrogen-bond donors (Lipinski definition) is 1. The maximum atomic E-state index is 12.9. The zero-order valence-corrected chi connectivity index (χ0v) is 18.9. The SMILES string of the molecule is O=C(NCCS(=O)(=O)N1CCOCC1)c1ccc(Cl)c(S(=O)(=O)N2CCCCC2)c1. The second kappa shape index (κ2) is 9.92. The average molecular weight is 480 g/mol. The van der Waals surface area contributed by atoms with E-state index >= 15 is 0 Å². The van der Waals surface area contributed by atoms with E-state index in [1.165, 1.54) is 26.8 Å². The predicted molar refractivity (Wildman–Crippen MR) is 113 cm³/mol. The first-order chi connectivity index (χ1) is 14.2. The van der Waals surface area contributed by atoms with Crippen LogP contribution in [0.4, 0.5) is 0 Å². The van der Waals surface area contributed by atoms with Gasteiger partial charge in [-0.25, -0.2) is 16.8 Å². The van der Waals surface area contributed by atoms with Gasteiger partial charge in [-0.15, -0.1) is 0 Å². The van der Waals surface area contributed by atoms with Gasteiger partial charge < -0.3 is 10.1 Å². The Morgan fingerprint density at radius 2 is 1.67 bits per heavy atom. The largest absolute Gasteiger partial charge is 0.379 e. The third kappa shape index (κ3) is 5.51. The van der Waals surface area contributed by atoms with Crippen LogP contribution in [0.5, 0.6) is 0 Å². The highest BCUT2D eigenvalue weighted by Crippen LogP contribution is 2.27. The molecule has 30 heavy (non-hydrogen) atoms. The van der Waals surface area contributed by atoms with Gasteiger partial charge in [0, 0.05) is 38.3 Å². The number of halogens is 1. The number of sulfonamides is 2. The Kier molecular flexibility index (Phi) is 7.75. The first kappa shape index (κ1) is 23.4. The topological polar surface area (TPSA) is 113 Å². The number of benzene rings is 1. The van der Waals surface area contributed by atoms with E-state index in [9.17, 15) is 21.6 Å². The number of carbonyl (C=O) groups excluding carboxylic acids is 1. The standard InChI is InChI=1S/C18H26ClN3O6S2/c19-16-5-4-15(14-17(16)30(26,27)22-7-2-1-3-8-22)18(23)20-6-13-29(24,25)21-9-11-28-12-10-21/h4-5,14H,1-3,6-13H2,(H,20,23). The molecule has 1 N–H and O–H groups in total. The fourth-order valence-corrected chi connectivity index (χ4v) is 6.78. The molecule has 1 aromatic carbocycles. The molecule has 9 nitrogen and oxygen atoms in total. The summed E-state index contributed by atoms with van der Waals surface area (Å²) < 4.78 is 58.4. The van der Waals surface area contributed by atoms with Gasteiger partial charge >= 0.3 is 0 Å². The van der Waals surface area contributed by atoms with Gasteiger partial charge in [-0.1, -0.05) is 18.0 Å². The molecular weight excluding hydrogens is 454 g/mol. The molecule has 2 aliphatic heterocycles. The molecule has 0 saturated carbocycles. The van der Waals surface area contributed by atoms with Gasteiger partial charge in [-0.2, -0.15) is 8.61 Å². The van der Waals surface area contributed by atoms with Crippen molar-refractivity contribution in [3.63, 3.8) is 0 Å². The zero-order valence-electron chi connectivity index (χ0n) is 16.5. The lowest BCUT2D eigenvalue weighted by Crippen LogP contribution is -2.43. The summed E-state index contributed by atoms with van der Waals surface area (Å²) in [6.07, 6.45) is 2.55. The van der Waals surface area contributed by atoms with Crippen molar-refractivity contribution in [3.8, 4) is 0 Å². The van der Waals surface area contributed by atoms with Gasteiger partial charge in [0.05, 0.1) is 24.0 Å². The Labute approximate surface area is 182 Å². The Hall–Kier alpha value is -1.24. The van der Waals surface area contributed by atoms with E-state index in [-0.39, 0.29) is 27.8 Å². The number of carbonyl (C=O) groups is 1. The van der Waals surface area contributed by atoms with Crippen LogP contribution in [-0.2, 0) is 24.8 Å². The molecule has 0 bridgehead atoms. The molecule has 0 radical (unpaired) electrons. The van der Waals surface area contributed by atoms with E-state index in [2.05, 4.69) is 5.32 Å². The first-order valence-corrected chi connectivity index (χ1v) is 13.3. The van der Waals surface area contributed by atoms with Crippen LogP contribution in [0, 0.1) is 0 Å². The van der Waals surface area contributed by atoms with E-state index in [1.807, 2.05) is 0 Å². The van der Waals surface area contributed by atoms with Crippen molar-refractivity contribution < 1.29 is 26.4 Å². The second-order valence-corrected chi connectivity index (χ2v) is 11.6. The molecule has 2 fully saturated rings. The molecule has 0 spiro atoms. The number of amides is 1. The summed E-state index contributed by atoms with van der Waals surface area (Å²) in [6, 6.07) is 4.04. The summed E-state index contributed by atoms with van der Waals surface area (Å²) in [6.45, 7) is 2.06. The van der Waals surface area contributed by atoms with Crippen LogP contribution in [0.2, 0.25) is 5.02 Å². The Morgan fingerprint density at radius 1 is 1.00 bits per heavy atom. The van der Waals surface area contributed by atoms with Gasteiger partial charge in [-0.3, -0.25) is 4.79 Å². The molecule has 1 amide bonds. The highest BCUT2D eigenvalue weighted by atomic mass is 35.5. The van der Waals surface area contributed by atoms with Gasteiger partial charge in [0.1, 0.15) is 4.90 Å². The summed E-state index contributed by atoms with van der Waals surface area (Å²) in [5, 5.41) is 2.59. The van der Waals surface area contributed by atoms with Crippen LogP contribution in [0.25, 0.3) is 0 Å². The minimum atomic E-state index is -3.80. The number of hydrogen-bond acceptors (Lipinski definition) is 6. The minimum Gasteiger partial charge on any atom is -0.379 e. The van der Waals surface area contributed by atoms with Gasteiger partial charge in [0.2, 0.25) is 20.0 Å². The molecule has 0 atom stereocenters. The van der Waals surface area contributed by atoms with Crippen molar-refractivity contribution in [2.75, 3.05) is 51.7 Å². The predicted octanol–water partition coefficient (Wildman–Crippen LogP) is 0.906. The Morgan fingerprint density at radius 3 is 2.33 bits per heavy atom. The minimum absolute atomic E-state index is 0.0482. The molecule has 3 rings (SSSR count). The Balaban J connectivity index is 1.66. The fourth-order valence-electron chi connectivity index (χ4n) is 3.44. The van der Waals surface area contributed by atoms with Crippen LogP contribution < -0.4 is 5.32 Å². The van der Waals surface area contributed by atoms with Crippen molar-refractivity contribution in [1.29, 1.82) is 0 Å². The lowest BCUT2D eigenvalue weighted by atomic mass is 10.2. The van der Waals surface area contributed by atoms with Crippen molar-refractivity contribution in [2.45, 2.75) is 24.2 Å². The molecule has 0 unspecified atom stereocenters. The average Bonchev–Trinajstić information content (AvgIpc) is 2.75. The molecule has 12 heteroatoms. The molecule has 2 heterocycles. The molecule has 1 aromatic rings. The number of ether oxygens (including phenoxy) is 1. The smallest absolute Gasteiger partial charge is 0.251 e. The molecule has 2 aliphatic rings. The van der Waals surface area contributed by atoms with Gasteiger partial charge in [0.25, 0.3) is 5.91 Å². The number of rotatable bonds is 7. The van der Waals surface area contributed by atoms with Crippen LogP contribution in [0.1, 0.15) is 29.6 Å². The third-order valence-corrected chi connectivity index (χ3v) is 9.39. The lowest BCUT2D eigenvalue weighted by molar-refractivity contribution is 0.0730. The van der Waals surface area contributed by atoms with Crippen molar-refractivity contribution in [1.82, 2.24) is 13.9 Å². The summed E-state index contributed by atoms with van der Waals surface area (Å²) >= 11 is 6.12. The number of piperidine rings is 1. The molecular formula is C18H26ClN3O6S2. The van der Waals surface area contributed by atoms with Gasteiger partial charge in [-0.05, 0) is 31.0 Å². The maximum Gasteiger partial charge on any atom is 0.251 e. The maximum absolute atomic E-state index is 12.9. The third-order valence-electron chi connectivity index (χ3n) is 5.14. The van der Waals surface area contributed by atoms with Crippen LogP contribution in [-0.4, -0.2) is 83.0 Å². The van der Waals surface area contributed by atoms with Crippen molar-refractivity contribution >= 4 is 37.6 Å². The zero-order chi connectivity index (χ0) is 21.8. The van der Waals surface area contributed by atoms with Crippen LogP contribution >= 0.6 is 11.6 Å². The van der Waals surface area contributed by atoms with E-state index in [0.29, 0.717) is 39.4 Å². The van der Waals surface area contributed by atoms with E-state index in [4.69, 9.17) is 16.3 Å². The number of nitrogens with zero attached hydrogens (tertiary/aromatic N) is 2. The van der Waals surface area contributed by atoms with Crippen LogP contribution in [0.15, 0.2) is 23.1 Å². The lowest BCUT2D eigenvalue weighted by Gasteiger charge is -2.26. The monoisotopic (exact) mass is 479 g/mol. The fraction of sp³-hybridized carbons (Fsp3) is 0.611. The van der Waals surface area contributed by atoms with E-state index in [0.717, 1.165) is 19.3 Å². The van der Waals surface area contributed by atoms with Crippen molar-refractivity contribution in [2.24, 2.45) is 0 Å². The molecule has 168 valence electrons. The summed E-state index contributed by atoms with van der Waals surface area (Å²) in [4.78, 5) is 12.4. The summed E-state index contributed by atoms with van der Waals surface area (Å²) in [5.41, 5.74) is 0.110. The molecule has 0 aromatic heterocycles. The number of morpholine rings is 1. The van der Waals surface area contributed by atoms with E-state index in [1.54, 1.807) is 0 Å². The second-order valence-electron chi connectivity index (χ2n) is 7.19. The first-order valence-electron chi connectivity index (χ1n) is 9.85.